The molecular weight excluding hydrogens is 541 g/mol. The Kier molecular flexibility index (Phi) is 9.87. The summed E-state index contributed by atoms with van der Waals surface area (Å²) < 4.78 is 32.8. The van der Waals surface area contributed by atoms with Gasteiger partial charge in [0.25, 0.3) is 0 Å². The number of carbonyl (C=O) groups is 1. The lowest BCUT2D eigenvalue weighted by Crippen LogP contribution is -2.43. The van der Waals surface area contributed by atoms with Crippen molar-refractivity contribution >= 4 is 35.8 Å². The zero-order valence-corrected chi connectivity index (χ0v) is 21.5. The molecule has 1 aliphatic rings. The van der Waals surface area contributed by atoms with Gasteiger partial charge in [-0.3, -0.25) is 4.79 Å². The van der Waals surface area contributed by atoms with Crippen LogP contribution in [0.2, 0.25) is 0 Å². The molecule has 9 heteroatoms. The quantitative estimate of drug-likeness (QED) is 0.275. The maximum Gasteiger partial charge on any atom is 0.243 e. The third kappa shape index (κ3) is 7.55. The molecule has 2 N–H and O–H groups in total. The first-order valence-corrected chi connectivity index (χ1v) is 10.6. The van der Waals surface area contributed by atoms with E-state index in [9.17, 15) is 13.6 Å². The minimum atomic E-state index is -0.584. The summed E-state index contributed by atoms with van der Waals surface area (Å²) in [6.45, 7) is 1.05. The Morgan fingerprint density at radius 1 is 1.12 bits per heavy atom. The fourth-order valence-electron chi connectivity index (χ4n) is 3.44. The standard InChI is InChI=1S/C24H30F2N4O2.HI/c1-30(2)22(31)15-28-23(27-13-10-17-4-7-19(32-3)8-5-17)29-16-24(11-12-24)20-9-6-18(25)14-21(20)26;/h4-9,14H,10-13,15-16H2,1-3H3,(H2,27,28,29);1H. The number of rotatable bonds is 9. The molecule has 3 rings (SSSR count). The lowest BCUT2D eigenvalue weighted by atomic mass is 9.95. The third-order valence-electron chi connectivity index (χ3n) is 5.69. The molecule has 1 aliphatic carbocycles. The van der Waals surface area contributed by atoms with E-state index in [-0.39, 0.29) is 41.8 Å². The first-order valence-electron chi connectivity index (χ1n) is 10.6. The number of guanidine groups is 1. The monoisotopic (exact) mass is 572 g/mol. The summed E-state index contributed by atoms with van der Waals surface area (Å²) in [5, 5.41) is 6.50. The molecule has 2 aromatic carbocycles. The van der Waals surface area contributed by atoms with Crippen LogP contribution in [0.5, 0.6) is 5.75 Å². The van der Waals surface area contributed by atoms with Crippen LogP contribution >= 0.6 is 24.0 Å². The van der Waals surface area contributed by atoms with Crippen molar-refractivity contribution in [2.45, 2.75) is 24.7 Å². The molecule has 0 bridgehead atoms. The molecule has 0 spiro atoms. The topological polar surface area (TPSA) is 66.0 Å². The average molecular weight is 572 g/mol. The molecule has 0 saturated heterocycles. The summed E-state index contributed by atoms with van der Waals surface area (Å²) >= 11 is 0. The summed E-state index contributed by atoms with van der Waals surface area (Å²) in [6.07, 6.45) is 2.36. The number of hydrogen-bond acceptors (Lipinski definition) is 3. The van der Waals surface area contributed by atoms with E-state index in [2.05, 4.69) is 15.6 Å². The number of halogens is 3. The first kappa shape index (κ1) is 26.8. The van der Waals surface area contributed by atoms with E-state index in [1.54, 1.807) is 21.2 Å². The van der Waals surface area contributed by atoms with E-state index >= 15 is 0 Å². The van der Waals surface area contributed by atoms with Crippen LogP contribution in [-0.4, -0.2) is 57.6 Å². The average Bonchev–Trinajstić information content (AvgIpc) is 3.56. The molecule has 180 valence electrons. The summed E-state index contributed by atoms with van der Waals surface area (Å²) in [4.78, 5) is 17.9. The van der Waals surface area contributed by atoms with E-state index in [4.69, 9.17) is 4.74 Å². The van der Waals surface area contributed by atoms with E-state index in [1.165, 1.54) is 17.0 Å². The first-order chi connectivity index (χ1) is 15.3. The molecule has 0 unspecified atom stereocenters. The van der Waals surface area contributed by atoms with Gasteiger partial charge in [0.05, 0.1) is 7.11 Å². The number of likely N-dealkylation sites (N-methyl/N-ethyl adjacent to an activating group) is 1. The number of ether oxygens (including phenoxy) is 1. The maximum absolute atomic E-state index is 14.3. The second-order valence-electron chi connectivity index (χ2n) is 8.24. The predicted molar refractivity (Wildman–Crippen MR) is 136 cm³/mol. The highest BCUT2D eigenvalue weighted by Crippen LogP contribution is 2.48. The minimum absolute atomic E-state index is 0. The third-order valence-corrected chi connectivity index (χ3v) is 5.69. The van der Waals surface area contributed by atoms with E-state index in [1.807, 2.05) is 24.3 Å². The normalized spacial score (nSPS) is 14.2. The number of aliphatic imine (C=N–C) groups is 1. The number of carbonyl (C=O) groups excluding carboxylic acids is 1. The highest BCUT2D eigenvalue weighted by molar-refractivity contribution is 14.0. The molecule has 1 fully saturated rings. The Labute approximate surface area is 210 Å². The van der Waals surface area contributed by atoms with Gasteiger partial charge in [-0.1, -0.05) is 18.2 Å². The van der Waals surface area contributed by atoms with Gasteiger partial charge < -0.3 is 20.3 Å². The molecule has 0 atom stereocenters. The van der Waals surface area contributed by atoms with Crippen LogP contribution in [0.4, 0.5) is 8.78 Å². The lowest BCUT2D eigenvalue weighted by molar-refractivity contribution is -0.127. The van der Waals surface area contributed by atoms with Crippen molar-refractivity contribution in [1.29, 1.82) is 0 Å². The highest BCUT2D eigenvalue weighted by Gasteiger charge is 2.46. The van der Waals surface area contributed by atoms with Crippen LogP contribution in [0.25, 0.3) is 0 Å². The van der Waals surface area contributed by atoms with Crippen LogP contribution in [0.3, 0.4) is 0 Å². The number of benzene rings is 2. The Morgan fingerprint density at radius 3 is 2.39 bits per heavy atom. The van der Waals surface area contributed by atoms with Crippen LogP contribution in [0.15, 0.2) is 47.5 Å². The van der Waals surface area contributed by atoms with Crippen molar-refractivity contribution in [1.82, 2.24) is 15.5 Å². The van der Waals surface area contributed by atoms with Crippen molar-refractivity contribution in [3.8, 4) is 5.75 Å². The Morgan fingerprint density at radius 2 is 1.82 bits per heavy atom. The van der Waals surface area contributed by atoms with Gasteiger partial charge in [0.2, 0.25) is 5.91 Å². The fourth-order valence-corrected chi connectivity index (χ4v) is 3.44. The molecule has 1 amide bonds. The molecule has 1 saturated carbocycles. The fraction of sp³-hybridized carbons (Fsp3) is 0.417. The van der Waals surface area contributed by atoms with Gasteiger partial charge >= 0.3 is 0 Å². The number of nitrogens with one attached hydrogen (secondary N) is 2. The largest absolute Gasteiger partial charge is 0.497 e. The van der Waals surface area contributed by atoms with Crippen molar-refractivity contribution < 1.29 is 18.3 Å². The van der Waals surface area contributed by atoms with Crippen LogP contribution < -0.4 is 15.4 Å². The highest BCUT2D eigenvalue weighted by atomic mass is 127. The summed E-state index contributed by atoms with van der Waals surface area (Å²) in [5.74, 6) is 0.0581. The van der Waals surface area contributed by atoms with Crippen molar-refractivity contribution in [2.24, 2.45) is 4.99 Å². The smallest absolute Gasteiger partial charge is 0.243 e. The molecule has 6 nitrogen and oxygen atoms in total. The van der Waals surface area contributed by atoms with Crippen molar-refractivity contribution in [2.75, 3.05) is 40.8 Å². The van der Waals surface area contributed by atoms with Crippen LogP contribution in [0, 0.1) is 11.6 Å². The van der Waals surface area contributed by atoms with Gasteiger partial charge in [0.1, 0.15) is 23.9 Å². The van der Waals surface area contributed by atoms with Gasteiger partial charge in [-0.15, -0.1) is 24.0 Å². The molecule has 2 aromatic rings. The molecule has 33 heavy (non-hydrogen) atoms. The van der Waals surface area contributed by atoms with Gasteiger partial charge in [0, 0.05) is 38.7 Å². The number of hydrogen-bond donors (Lipinski definition) is 2. The Hall–Kier alpha value is -2.43. The summed E-state index contributed by atoms with van der Waals surface area (Å²) in [7, 11) is 4.99. The van der Waals surface area contributed by atoms with Gasteiger partial charge in [-0.2, -0.15) is 0 Å². The SMILES string of the molecule is COc1ccc(CCNC(=NCC(=O)N(C)C)NCC2(c3ccc(F)cc3F)CC2)cc1.I. The molecule has 0 aromatic heterocycles. The minimum Gasteiger partial charge on any atom is -0.497 e. The zero-order chi connectivity index (χ0) is 23.1. The Bertz CT molecular complexity index is 963. The second kappa shape index (κ2) is 12.2. The lowest BCUT2D eigenvalue weighted by Gasteiger charge is -2.20. The molecular formula is C24H31F2IN4O2. The van der Waals surface area contributed by atoms with Crippen molar-refractivity contribution in [3.63, 3.8) is 0 Å². The molecule has 0 aliphatic heterocycles. The van der Waals surface area contributed by atoms with E-state index < -0.39 is 11.6 Å². The predicted octanol–water partition coefficient (Wildman–Crippen LogP) is 3.49. The van der Waals surface area contributed by atoms with E-state index in [0.29, 0.717) is 24.6 Å². The van der Waals surface area contributed by atoms with Crippen LogP contribution in [-0.2, 0) is 16.6 Å². The van der Waals surface area contributed by atoms with Gasteiger partial charge in [0.15, 0.2) is 5.96 Å². The van der Waals surface area contributed by atoms with Gasteiger partial charge in [-0.05, 0) is 48.6 Å². The summed E-state index contributed by atoms with van der Waals surface area (Å²) in [5.41, 5.74) is 1.25. The zero-order valence-electron chi connectivity index (χ0n) is 19.2. The number of amides is 1. The Balaban J connectivity index is 0.00000385. The number of nitrogens with zero attached hydrogens (tertiary/aromatic N) is 2. The van der Waals surface area contributed by atoms with Crippen LogP contribution in [0.1, 0.15) is 24.0 Å². The summed E-state index contributed by atoms with van der Waals surface area (Å²) in [6, 6.07) is 11.5. The van der Waals surface area contributed by atoms with E-state index in [0.717, 1.165) is 36.6 Å². The maximum atomic E-state index is 14.3. The van der Waals surface area contributed by atoms with Gasteiger partial charge in [-0.25, -0.2) is 13.8 Å². The molecule has 0 heterocycles. The van der Waals surface area contributed by atoms with Crippen molar-refractivity contribution in [3.05, 3.63) is 65.2 Å². The second-order valence-corrected chi connectivity index (χ2v) is 8.24. The molecule has 0 radical (unpaired) electrons. The number of methoxy groups -OCH3 is 1.